The van der Waals surface area contributed by atoms with Crippen LogP contribution >= 0.6 is 22.9 Å². The Hall–Kier alpha value is -3.64. The van der Waals surface area contributed by atoms with Crippen LogP contribution in [0.5, 0.6) is 5.75 Å². The van der Waals surface area contributed by atoms with Gasteiger partial charge in [0.05, 0.1) is 5.69 Å². The van der Waals surface area contributed by atoms with E-state index in [2.05, 4.69) is 15.4 Å². The van der Waals surface area contributed by atoms with Crippen LogP contribution in [-0.4, -0.2) is 26.6 Å². The molecule has 13 heteroatoms. The summed E-state index contributed by atoms with van der Waals surface area (Å²) in [6, 6.07) is 9.00. The highest BCUT2D eigenvalue weighted by Gasteiger charge is 2.34. The van der Waals surface area contributed by atoms with E-state index in [1.54, 1.807) is 24.3 Å². The Labute approximate surface area is 199 Å². The molecule has 0 aliphatic rings. The molecule has 8 nitrogen and oxygen atoms in total. The van der Waals surface area contributed by atoms with Crippen molar-refractivity contribution in [1.29, 1.82) is 0 Å². The number of benzene rings is 1. The van der Waals surface area contributed by atoms with Gasteiger partial charge in [0.15, 0.2) is 12.4 Å². The van der Waals surface area contributed by atoms with Gasteiger partial charge < -0.3 is 15.8 Å². The molecule has 0 aliphatic carbocycles. The van der Waals surface area contributed by atoms with Crippen molar-refractivity contribution in [2.45, 2.75) is 19.8 Å². The summed E-state index contributed by atoms with van der Waals surface area (Å²) in [6.45, 7) is 1.42. The van der Waals surface area contributed by atoms with Crippen LogP contribution in [0.1, 0.15) is 31.4 Å². The summed E-state index contributed by atoms with van der Waals surface area (Å²) in [7, 11) is 0. The number of thiophene rings is 1. The average molecular weight is 510 g/mol. The zero-order chi connectivity index (χ0) is 24.6. The minimum absolute atomic E-state index is 0.00914. The molecule has 0 spiro atoms. The van der Waals surface area contributed by atoms with Gasteiger partial charge in [0.2, 0.25) is 0 Å². The molecule has 0 bridgehead atoms. The van der Waals surface area contributed by atoms with Gasteiger partial charge in [0, 0.05) is 16.6 Å². The van der Waals surface area contributed by atoms with Crippen molar-refractivity contribution in [3.05, 3.63) is 69.4 Å². The minimum atomic E-state index is -4.67. The number of nitrogens with two attached hydrogens (primary N) is 1. The second-order valence-electron chi connectivity index (χ2n) is 7.10. The van der Waals surface area contributed by atoms with Crippen molar-refractivity contribution in [2.24, 2.45) is 5.73 Å². The fraction of sp³-hybridized carbons (Fsp3) is 0.143. The molecule has 3 aromatic heterocycles. The number of ether oxygens (including phenoxy) is 1. The first-order valence-electron chi connectivity index (χ1n) is 9.57. The van der Waals surface area contributed by atoms with E-state index in [4.69, 9.17) is 22.1 Å². The lowest BCUT2D eigenvalue weighted by molar-refractivity contribution is -0.141. The van der Waals surface area contributed by atoms with E-state index < -0.39 is 23.7 Å². The van der Waals surface area contributed by atoms with Crippen LogP contribution < -0.4 is 15.8 Å². The lowest BCUT2D eigenvalue weighted by Gasteiger charge is -2.09. The van der Waals surface area contributed by atoms with Crippen molar-refractivity contribution < 1.29 is 27.5 Å². The van der Waals surface area contributed by atoms with Gasteiger partial charge in [-0.25, -0.2) is 9.67 Å². The maximum absolute atomic E-state index is 13.1. The van der Waals surface area contributed by atoms with E-state index in [9.17, 15) is 22.8 Å². The Morgan fingerprint density at radius 3 is 2.71 bits per heavy atom. The van der Waals surface area contributed by atoms with E-state index in [-0.39, 0.29) is 38.8 Å². The van der Waals surface area contributed by atoms with Crippen molar-refractivity contribution >= 4 is 50.7 Å². The molecule has 0 atom stereocenters. The van der Waals surface area contributed by atoms with Crippen LogP contribution in [-0.2, 0) is 12.9 Å². The Morgan fingerprint density at radius 2 is 2.03 bits per heavy atom. The lowest BCUT2D eigenvalue weighted by atomic mass is 10.1. The number of aromatic nitrogens is 3. The van der Waals surface area contributed by atoms with E-state index in [1.165, 1.54) is 23.9 Å². The number of amides is 2. The number of nitrogens with one attached hydrogen (secondary N) is 1. The molecule has 0 fully saturated rings. The first kappa shape index (κ1) is 23.5. The third-order valence-electron chi connectivity index (χ3n) is 4.64. The number of aryl methyl sites for hydroxylation is 1. The maximum atomic E-state index is 13.1. The van der Waals surface area contributed by atoms with Crippen molar-refractivity contribution in [2.75, 3.05) is 5.32 Å². The number of carbonyl (C=O) groups excluding carboxylic acids is 2. The Kier molecular flexibility index (Phi) is 6.19. The summed E-state index contributed by atoms with van der Waals surface area (Å²) >= 11 is 6.58. The predicted octanol–water partition coefficient (Wildman–Crippen LogP) is 4.86. The molecule has 0 radical (unpaired) electrons. The lowest BCUT2D eigenvalue weighted by Crippen LogP contribution is -2.18. The molecular weight excluding hydrogens is 495 g/mol. The van der Waals surface area contributed by atoms with Crippen LogP contribution in [0.15, 0.2) is 42.6 Å². The van der Waals surface area contributed by atoms with Crippen LogP contribution in [0, 0.1) is 6.92 Å². The number of rotatable bonds is 6. The summed E-state index contributed by atoms with van der Waals surface area (Å²) in [4.78, 5) is 28.2. The number of anilines is 1. The van der Waals surface area contributed by atoms with Crippen molar-refractivity contribution in [1.82, 2.24) is 14.8 Å². The minimum Gasteiger partial charge on any atom is -0.471 e. The monoisotopic (exact) mass is 509 g/mol. The third-order valence-corrected chi connectivity index (χ3v) is 5.98. The topological polar surface area (TPSA) is 112 Å². The number of primary amides is 1. The Morgan fingerprint density at radius 1 is 1.26 bits per heavy atom. The van der Waals surface area contributed by atoms with Gasteiger partial charge in [0.25, 0.3) is 11.8 Å². The zero-order valence-electron chi connectivity index (χ0n) is 17.3. The normalized spacial score (nSPS) is 11.6. The summed E-state index contributed by atoms with van der Waals surface area (Å²) < 4.78 is 46.3. The average Bonchev–Trinajstić information content (AvgIpc) is 3.37. The van der Waals surface area contributed by atoms with Gasteiger partial charge in [-0.2, -0.15) is 18.3 Å². The molecule has 2 amide bonds. The molecule has 34 heavy (non-hydrogen) atoms. The van der Waals surface area contributed by atoms with Crippen LogP contribution in [0.4, 0.5) is 18.9 Å². The first-order valence-corrected chi connectivity index (χ1v) is 10.8. The molecule has 4 aromatic rings. The van der Waals surface area contributed by atoms with Gasteiger partial charge in [0.1, 0.15) is 21.2 Å². The molecule has 176 valence electrons. The fourth-order valence-electron chi connectivity index (χ4n) is 3.15. The Bertz CT molecular complexity index is 1420. The summed E-state index contributed by atoms with van der Waals surface area (Å²) in [6.07, 6.45) is -3.16. The number of hydrogen-bond acceptors (Lipinski definition) is 6. The molecule has 0 saturated heterocycles. The zero-order valence-corrected chi connectivity index (χ0v) is 18.9. The van der Waals surface area contributed by atoms with Gasteiger partial charge in [-0.05, 0) is 42.8 Å². The Balaban J connectivity index is 1.59. The van der Waals surface area contributed by atoms with Gasteiger partial charge >= 0.3 is 6.18 Å². The molecule has 0 saturated carbocycles. The second kappa shape index (κ2) is 8.95. The van der Waals surface area contributed by atoms with E-state index in [0.29, 0.717) is 22.1 Å². The van der Waals surface area contributed by atoms with Crippen LogP contribution in [0.25, 0.3) is 10.2 Å². The molecular formula is C21H15ClF3N5O3S. The predicted molar refractivity (Wildman–Crippen MR) is 120 cm³/mol. The van der Waals surface area contributed by atoms with Crippen molar-refractivity contribution in [3.8, 4) is 5.75 Å². The fourth-order valence-corrected chi connectivity index (χ4v) is 4.39. The number of fused-ring (bicyclic) bond motifs is 1. The molecule has 0 unspecified atom stereocenters. The van der Waals surface area contributed by atoms with Gasteiger partial charge in [-0.3, -0.25) is 9.59 Å². The van der Waals surface area contributed by atoms with Crippen LogP contribution in [0.2, 0.25) is 5.02 Å². The molecule has 3 heterocycles. The first-order chi connectivity index (χ1) is 16.0. The molecule has 0 aliphatic heterocycles. The highest BCUT2D eigenvalue weighted by molar-refractivity contribution is 7.21. The summed E-state index contributed by atoms with van der Waals surface area (Å²) in [5.41, 5.74) is 4.45. The maximum Gasteiger partial charge on any atom is 0.433 e. The SMILES string of the molecule is Cc1cc(C(F)(F)F)nc2sc(C(N)=O)c(NC(=O)c3ccn(COc4cccc(Cl)c4)n3)c12. The number of hydrogen-bond donors (Lipinski definition) is 2. The van der Waals surface area contributed by atoms with E-state index in [1.807, 2.05) is 0 Å². The molecule has 3 N–H and O–H groups in total. The third kappa shape index (κ3) is 4.82. The van der Waals surface area contributed by atoms with Gasteiger partial charge in [-0.1, -0.05) is 17.7 Å². The second-order valence-corrected chi connectivity index (χ2v) is 8.53. The summed E-state index contributed by atoms with van der Waals surface area (Å²) in [5, 5.41) is 7.36. The molecule has 1 aromatic carbocycles. The van der Waals surface area contributed by atoms with E-state index in [0.717, 1.165) is 6.07 Å². The number of halogens is 4. The van der Waals surface area contributed by atoms with Gasteiger partial charge in [-0.15, -0.1) is 11.3 Å². The summed E-state index contributed by atoms with van der Waals surface area (Å²) in [5.74, 6) is -1.10. The highest BCUT2D eigenvalue weighted by atomic mass is 35.5. The quantitative estimate of drug-likeness (QED) is 0.385. The number of alkyl halides is 3. The van der Waals surface area contributed by atoms with Crippen molar-refractivity contribution in [3.63, 3.8) is 0 Å². The largest absolute Gasteiger partial charge is 0.471 e. The van der Waals surface area contributed by atoms with Crippen LogP contribution in [0.3, 0.4) is 0 Å². The smallest absolute Gasteiger partial charge is 0.433 e. The van der Waals surface area contributed by atoms with E-state index >= 15 is 0 Å². The standard InChI is InChI=1S/C21H15ClF3N5O3S/c1-10-7-14(21(23,24)25)27-20-15(10)16(17(34-20)18(26)31)28-19(32)13-5-6-30(29-13)9-33-12-4-2-3-11(22)8-12/h2-8H,9H2,1H3,(H2,26,31)(H,28,32). The molecule has 4 rings (SSSR count). The number of pyridine rings is 1. The number of nitrogens with zero attached hydrogens (tertiary/aromatic N) is 3. The highest BCUT2D eigenvalue weighted by Crippen LogP contribution is 2.39. The number of carbonyl (C=O) groups is 2.